The second kappa shape index (κ2) is 9.43. The van der Waals surface area contributed by atoms with Crippen molar-refractivity contribution in [1.29, 1.82) is 0 Å². The van der Waals surface area contributed by atoms with Crippen LogP contribution in [-0.4, -0.2) is 34.5 Å². The van der Waals surface area contributed by atoms with Crippen LogP contribution in [0, 0.1) is 5.92 Å². The third-order valence-electron chi connectivity index (χ3n) is 3.52. The summed E-state index contributed by atoms with van der Waals surface area (Å²) in [6, 6.07) is 6.78. The molecule has 0 bridgehead atoms. The molecule has 23 heavy (non-hydrogen) atoms. The van der Waals surface area contributed by atoms with Gasteiger partial charge in [-0.15, -0.1) is 24.0 Å². The van der Waals surface area contributed by atoms with Crippen molar-refractivity contribution in [1.82, 2.24) is 15.4 Å². The van der Waals surface area contributed by atoms with E-state index in [9.17, 15) is 8.42 Å². The summed E-state index contributed by atoms with van der Waals surface area (Å²) in [7, 11) is -1.97. The Morgan fingerprint density at radius 2 is 1.87 bits per heavy atom. The highest BCUT2D eigenvalue weighted by Crippen LogP contribution is 2.27. The van der Waals surface area contributed by atoms with Gasteiger partial charge in [0, 0.05) is 13.1 Å². The molecule has 2 rings (SSSR count). The Morgan fingerprint density at radius 3 is 2.39 bits per heavy atom. The van der Waals surface area contributed by atoms with Crippen LogP contribution in [0.15, 0.2) is 34.2 Å². The van der Waals surface area contributed by atoms with Gasteiger partial charge in [0.1, 0.15) is 0 Å². The number of benzene rings is 1. The van der Waals surface area contributed by atoms with Crippen molar-refractivity contribution in [3.8, 4) is 0 Å². The molecule has 1 aliphatic carbocycles. The average Bonchev–Trinajstić information content (AvgIpc) is 3.35. The van der Waals surface area contributed by atoms with Crippen LogP contribution in [0.25, 0.3) is 0 Å². The summed E-state index contributed by atoms with van der Waals surface area (Å²) in [5.41, 5.74) is 0.971. The number of aliphatic imine (C=N–C) groups is 1. The molecule has 0 amide bonds. The van der Waals surface area contributed by atoms with Gasteiger partial charge in [-0.3, -0.25) is 0 Å². The normalized spacial score (nSPS) is 15.0. The SMILES string of the molecule is CCNC(=NCc1ccc(S(=O)(=O)NC)cc1)NCC1CC1.I. The Labute approximate surface area is 155 Å². The molecule has 0 atom stereocenters. The van der Waals surface area contributed by atoms with Crippen molar-refractivity contribution in [2.75, 3.05) is 20.1 Å². The Bertz CT molecular complexity index is 613. The van der Waals surface area contributed by atoms with Gasteiger partial charge in [0.2, 0.25) is 10.0 Å². The molecule has 0 radical (unpaired) electrons. The molecule has 0 heterocycles. The second-order valence-electron chi connectivity index (χ2n) is 5.37. The van der Waals surface area contributed by atoms with Gasteiger partial charge in [0.05, 0.1) is 11.4 Å². The topological polar surface area (TPSA) is 82.6 Å². The molecule has 0 spiro atoms. The molecule has 0 aromatic heterocycles. The summed E-state index contributed by atoms with van der Waals surface area (Å²) in [4.78, 5) is 4.79. The van der Waals surface area contributed by atoms with Crippen LogP contribution in [0.1, 0.15) is 25.3 Å². The van der Waals surface area contributed by atoms with Crippen LogP contribution in [-0.2, 0) is 16.6 Å². The van der Waals surface area contributed by atoms with E-state index in [2.05, 4.69) is 20.3 Å². The molecule has 8 heteroatoms. The Balaban J connectivity index is 0.00000264. The first-order valence-corrected chi connectivity index (χ1v) is 9.08. The van der Waals surface area contributed by atoms with Gasteiger partial charge in [-0.2, -0.15) is 0 Å². The summed E-state index contributed by atoms with van der Waals surface area (Å²) in [5.74, 6) is 1.59. The van der Waals surface area contributed by atoms with Crippen LogP contribution in [0.2, 0.25) is 0 Å². The fraction of sp³-hybridized carbons (Fsp3) is 0.533. The van der Waals surface area contributed by atoms with Crippen molar-refractivity contribution in [2.24, 2.45) is 10.9 Å². The van der Waals surface area contributed by atoms with Crippen LogP contribution in [0.5, 0.6) is 0 Å². The van der Waals surface area contributed by atoms with Crippen molar-refractivity contribution in [2.45, 2.75) is 31.2 Å². The first-order chi connectivity index (χ1) is 10.5. The Hall–Kier alpha value is -0.870. The van der Waals surface area contributed by atoms with Crippen LogP contribution in [0.3, 0.4) is 0 Å². The zero-order valence-corrected chi connectivity index (χ0v) is 16.6. The van der Waals surface area contributed by atoms with E-state index < -0.39 is 10.0 Å². The van der Waals surface area contributed by atoms with E-state index in [1.165, 1.54) is 19.9 Å². The molecule has 1 fully saturated rings. The first kappa shape index (κ1) is 20.2. The van der Waals surface area contributed by atoms with Crippen molar-refractivity contribution >= 4 is 40.0 Å². The molecule has 3 N–H and O–H groups in total. The summed E-state index contributed by atoms with van der Waals surface area (Å²) < 4.78 is 25.6. The zero-order chi connectivity index (χ0) is 16.0. The molecule has 130 valence electrons. The first-order valence-electron chi connectivity index (χ1n) is 7.60. The Morgan fingerprint density at radius 1 is 1.22 bits per heavy atom. The molecule has 1 saturated carbocycles. The van der Waals surface area contributed by atoms with Crippen LogP contribution < -0.4 is 15.4 Å². The van der Waals surface area contributed by atoms with E-state index in [0.717, 1.165) is 30.5 Å². The van der Waals surface area contributed by atoms with Crippen molar-refractivity contribution in [3.05, 3.63) is 29.8 Å². The maximum absolute atomic E-state index is 11.7. The lowest BCUT2D eigenvalue weighted by Gasteiger charge is -2.10. The largest absolute Gasteiger partial charge is 0.357 e. The predicted octanol–water partition coefficient (Wildman–Crippen LogP) is 1.68. The zero-order valence-electron chi connectivity index (χ0n) is 13.5. The summed E-state index contributed by atoms with van der Waals surface area (Å²) in [6.45, 7) is 4.33. The van der Waals surface area contributed by atoms with E-state index >= 15 is 0 Å². The van der Waals surface area contributed by atoms with E-state index in [1.807, 2.05) is 6.92 Å². The molecule has 1 aromatic carbocycles. The number of rotatable bonds is 7. The number of hydrogen-bond acceptors (Lipinski definition) is 3. The third-order valence-corrected chi connectivity index (χ3v) is 4.95. The number of guanidine groups is 1. The van der Waals surface area contributed by atoms with Gasteiger partial charge in [0.15, 0.2) is 5.96 Å². The van der Waals surface area contributed by atoms with Crippen LogP contribution in [0.4, 0.5) is 0 Å². The van der Waals surface area contributed by atoms with Gasteiger partial charge >= 0.3 is 0 Å². The maximum atomic E-state index is 11.7. The number of halogens is 1. The molecule has 0 aliphatic heterocycles. The van der Waals surface area contributed by atoms with Gasteiger partial charge in [-0.1, -0.05) is 12.1 Å². The second-order valence-corrected chi connectivity index (χ2v) is 7.26. The highest BCUT2D eigenvalue weighted by Gasteiger charge is 2.21. The maximum Gasteiger partial charge on any atom is 0.240 e. The van der Waals surface area contributed by atoms with Gasteiger partial charge in [-0.05, 0) is 50.4 Å². The lowest BCUT2D eigenvalue weighted by atomic mass is 10.2. The average molecular weight is 452 g/mol. The number of hydrogen-bond donors (Lipinski definition) is 3. The lowest BCUT2D eigenvalue weighted by Crippen LogP contribution is -2.38. The predicted molar refractivity (Wildman–Crippen MR) is 104 cm³/mol. The molecular weight excluding hydrogens is 427 g/mol. The molecule has 0 saturated heterocycles. The molecule has 6 nitrogen and oxygen atoms in total. The third kappa shape index (κ3) is 6.64. The van der Waals surface area contributed by atoms with Crippen LogP contribution >= 0.6 is 24.0 Å². The fourth-order valence-corrected chi connectivity index (χ4v) is 2.70. The van der Waals surface area contributed by atoms with E-state index in [4.69, 9.17) is 0 Å². The number of nitrogens with one attached hydrogen (secondary N) is 3. The smallest absolute Gasteiger partial charge is 0.240 e. The lowest BCUT2D eigenvalue weighted by molar-refractivity contribution is 0.588. The van der Waals surface area contributed by atoms with E-state index in [-0.39, 0.29) is 28.9 Å². The Kier molecular flexibility index (Phi) is 8.27. The number of sulfonamides is 1. The monoisotopic (exact) mass is 452 g/mol. The highest BCUT2D eigenvalue weighted by molar-refractivity contribution is 14.0. The fourth-order valence-electron chi connectivity index (χ4n) is 1.97. The highest BCUT2D eigenvalue weighted by atomic mass is 127. The summed E-state index contributed by atoms with van der Waals surface area (Å²) >= 11 is 0. The molecule has 0 unspecified atom stereocenters. The van der Waals surface area contributed by atoms with Crippen molar-refractivity contribution in [3.63, 3.8) is 0 Å². The van der Waals surface area contributed by atoms with E-state index in [0.29, 0.717) is 6.54 Å². The quantitative estimate of drug-likeness (QED) is 0.334. The minimum Gasteiger partial charge on any atom is -0.357 e. The summed E-state index contributed by atoms with van der Waals surface area (Å²) in [5, 5.41) is 6.54. The van der Waals surface area contributed by atoms with Gasteiger partial charge in [-0.25, -0.2) is 18.1 Å². The van der Waals surface area contributed by atoms with Gasteiger partial charge in [0.25, 0.3) is 0 Å². The van der Waals surface area contributed by atoms with Crippen molar-refractivity contribution < 1.29 is 8.42 Å². The minimum absolute atomic E-state index is 0. The molecule has 1 aromatic rings. The standard InChI is InChI=1S/C15H24N4O2S.HI/c1-3-17-15(18-10-12-4-5-12)19-11-13-6-8-14(9-7-13)22(20,21)16-2;/h6-9,12,16H,3-5,10-11H2,1-2H3,(H2,17,18,19);1H. The summed E-state index contributed by atoms with van der Waals surface area (Å²) in [6.07, 6.45) is 2.60. The van der Waals surface area contributed by atoms with E-state index in [1.54, 1.807) is 24.3 Å². The number of nitrogens with zero attached hydrogens (tertiary/aromatic N) is 1. The minimum atomic E-state index is -3.38. The van der Waals surface area contributed by atoms with Gasteiger partial charge < -0.3 is 10.6 Å². The molecular formula is C15H25IN4O2S. The molecule has 1 aliphatic rings.